The zero-order valence-corrected chi connectivity index (χ0v) is 13.8. The van der Waals surface area contributed by atoms with E-state index in [-0.39, 0.29) is 12.4 Å². The lowest BCUT2D eigenvalue weighted by Gasteiger charge is -2.15. The molecule has 0 aliphatic heterocycles. The van der Waals surface area contributed by atoms with E-state index in [9.17, 15) is 0 Å². The molecule has 0 saturated heterocycles. The highest BCUT2D eigenvalue weighted by molar-refractivity contribution is 5.85. The molecule has 0 amide bonds. The van der Waals surface area contributed by atoms with E-state index in [1.807, 2.05) is 27.0 Å². The summed E-state index contributed by atoms with van der Waals surface area (Å²) in [5, 5.41) is 3.93. The van der Waals surface area contributed by atoms with Gasteiger partial charge in [-0.05, 0) is 38.9 Å². The Bertz CT molecular complexity index is 577. The van der Waals surface area contributed by atoms with Crippen LogP contribution >= 0.6 is 12.4 Å². The van der Waals surface area contributed by atoms with Gasteiger partial charge < -0.3 is 10.3 Å². The van der Waals surface area contributed by atoms with Crippen LogP contribution in [0.3, 0.4) is 0 Å². The minimum absolute atomic E-state index is 0. The Morgan fingerprint density at radius 2 is 1.90 bits per heavy atom. The van der Waals surface area contributed by atoms with Gasteiger partial charge in [0.25, 0.3) is 0 Å². The minimum atomic E-state index is -0.573. The summed E-state index contributed by atoms with van der Waals surface area (Å²) in [4.78, 5) is 6.48. The second-order valence-electron chi connectivity index (χ2n) is 5.83. The second-order valence-corrected chi connectivity index (χ2v) is 5.83. The van der Waals surface area contributed by atoms with Crippen LogP contribution in [-0.2, 0) is 18.6 Å². The van der Waals surface area contributed by atoms with Crippen molar-refractivity contribution in [3.8, 4) is 0 Å². The minimum Gasteiger partial charge on any atom is -0.338 e. The van der Waals surface area contributed by atoms with Crippen LogP contribution in [0.15, 0.2) is 28.8 Å². The number of benzene rings is 1. The third-order valence-corrected chi connectivity index (χ3v) is 3.15. The summed E-state index contributed by atoms with van der Waals surface area (Å²) in [6.07, 6.45) is 0. The molecule has 1 aromatic heterocycles. The molecule has 0 bridgehead atoms. The zero-order chi connectivity index (χ0) is 14.8. The molecule has 0 aliphatic carbocycles. The average molecular weight is 311 g/mol. The number of aromatic nitrogens is 2. The van der Waals surface area contributed by atoms with Crippen LogP contribution in [0.2, 0.25) is 0 Å². The van der Waals surface area contributed by atoms with Crippen molar-refractivity contribution in [1.29, 1.82) is 0 Å². The van der Waals surface area contributed by atoms with Gasteiger partial charge in [0.15, 0.2) is 5.82 Å². The lowest BCUT2D eigenvalue weighted by atomic mass is 10.1. The monoisotopic (exact) mass is 310 g/mol. The maximum atomic E-state index is 5.95. The molecule has 0 unspecified atom stereocenters. The van der Waals surface area contributed by atoms with Gasteiger partial charge in [0.1, 0.15) is 0 Å². The van der Waals surface area contributed by atoms with Gasteiger partial charge in [-0.3, -0.25) is 4.90 Å². The van der Waals surface area contributed by atoms with E-state index in [1.54, 1.807) is 0 Å². The zero-order valence-electron chi connectivity index (χ0n) is 13.0. The summed E-state index contributed by atoms with van der Waals surface area (Å²) in [6.45, 7) is 7.29. The van der Waals surface area contributed by atoms with Crippen molar-refractivity contribution in [3.05, 3.63) is 47.1 Å². The summed E-state index contributed by atoms with van der Waals surface area (Å²) >= 11 is 0. The van der Waals surface area contributed by atoms with Crippen molar-refractivity contribution in [3.63, 3.8) is 0 Å². The van der Waals surface area contributed by atoms with Crippen LogP contribution in [0.5, 0.6) is 0 Å². The van der Waals surface area contributed by atoms with E-state index in [0.717, 1.165) is 6.54 Å². The molecule has 116 valence electrons. The molecular formula is C15H23ClN4O. The highest BCUT2D eigenvalue weighted by Gasteiger charge is 2.21. The molecule has 0 spiro atoms. The van der Waals surface area contributed by atoms with Gasteiger partial charge in [-0.15, -0.1) is 12.4 Å². The molecule has 5 nitrogen and oxygen atoms in total. The number of hydrogen-bond donors (Lipinski definition) is 1. The maximum Gasteiger partial charge on any atom is 0.240 e. The Morgan fingerprint density at radius 3 is 2.48 bits per heavy atom. The molecule has 0 radical (unpaired) electrons. The highest BCUT2D eigenvalue weighted by atomic mass is 35.5. The smallest absolute Gasteiger partial charge is 0.240 e. The van der Waals surface area contributed by atoms with Crippen LogP contribution in [0.1, 0.15) is 36.7 Å². The fourth-order valence-corrected chi connectivity index (χ4v) is 1.95. The SMILES string of the molecule is Cc1ccccc1CN(C)Cc1nc(C(C)(C)N)no1.Cl. The molecule has 0 atom stereocenters. The van der Waals surface area contributed by atoms with Gasteiger partial charge in [-0.1, -0.05) is 29.4 Å². The Kier molecular flexibility index (Phi) is 5.89. The van der Waals surface area contributed by atoms with Crippen molar-refractivity contribution < 1.29 is 4.52 Å². The van der Waals surface area contributed by atoms with Gasteiger partial charge in [-0.25, -0.2) is 0 Å². The first-order valence-electron chi connectivity index (χ1n) is 6.71. The number of rotatable bonds is 5. The van der Waals surface area contributed by atoms with Crippen molar-refractivity contribution in [2.45, 2.75) is 39.4 Å². The molecule has 2 N–H and O–H groups in total. The standard InChI is InChI=1S/C15H22N4O.ClH/c1-11-7-5-6-8-12(11)9-19(4)10-13-17-14(18-20-13)15(2,3)16;/h5-8H,9-10,16H2,1-4H3;1H. The quantitative estimate of drug-likeness (QED) is 0.919. The Morgan fingerprint density at radius 1 is 1.24 bits per heavy atom. The van der Waals surface area contributed by atoms with Crippen LogP contribution in [-0.4, -0.2) is 22.1 Å². The van der Waals surface area contributed by atoms with Gasteiger partial charge in [0.05, 0.1) is 12.1 Å². The third-order valence-electron chi connectivity index (χ3n) is 3.15. The molecule has 0 saturated carbocycles. The summed E-state index contributed by atoms with van der Waals surface area (Å²) in [6, 6.07) is 8.35. The van der Waals surface area contributed by atoms with Crippen LogP contribution < -0.4 is 5.73 Å². The van der Waals surface area contributed by atoms with Gasteiger partial charge in [-0.2, -0.15) is 4.98 Å². The first kappa shape index (κ1) is 17.6. The largest absolute Gasteiger partial charge is 0.338 e. The molecule has 1 aromatic carbocycles. The molecule has 21 heavy (non-hydrogen) atoms. The summed E-state index contributed by atoms with van der Waals surface area (Å²) in [5.41, 5.74) is 7.96. The highest BCUT2D eigenvalue weighted by Crippen LogP contribution is 2.15. The fourth-order valence-electron chi connectivity index (χ4n) is 1.95. The van der Waals surface area contributed by atoms with Crippen LogP contribution in [0, 0.1) is 6.92 Å². The van der Waals surface area contributed by atoms with Crippen LogP contribution in [0.4, 0.5) is 0 Å². The molecule has 1 heterocycles. The second kappa shape index (κ2) is 7.02. The molecule has 2 aromatic rings. The summed E-state index contributed by atoms with van der Waals surface area (Å²) in [5.74, 6) is 1.13. The number of hydrogen-bond acceptors (Lipinski definition) is 5. The third kappa shape index (κ3) is 4.81. The Hall–Kier alpha value is -1.43. The van der Waals surface area contributed by atoms with E-state index < -0.39 is 5.54 Å². The lowest BCUT2D eigenvalue weighted by molar-refractivity contribution is 0.259. The van der Waals surface area contributed by atoms with Crippen molar-refractivity contribution >= 4 is 12.4 Å². The first-order valence-corrected chi connectivity index (χ1v) is 6.71. The van der Waals surface area contributed by atoms with E-state index in [0.29, 0.717) is 18.3 Å². The molecule has 6 heteroatoms. The molecule has 0 aliphatic rings. The number of nitrogens with two attached hydrogens (primary N) is 1. The summed E-state index contributed by atoms with van der Waals surface area (Å²) < 4.78 is 5.25. The van der Waals surface area contributed by atoms with E-state index >= 15 is 0 Å². The number of nitrogens with zero attached hydrogens (tertiary/aromatic N) is 3. The predicted molar refractivity (Wildman–Crippen MR) is 85.1 cm³/mol. The van der Waals surface area contributed by atoms with Crippen LogP contribution in [0.25, 0.3) is 0 Å². The van der Waals surface area contributed by atoms with Crippen molar-refractivity contribution in [2.24, 2.45) is 5.73 Å². The van der Waals surface area contributed by atoms with Gasteiger partial charge >= 0.3 is 0 Å². The maximum absolute atomic E-state index is 5.95. The van der Waals surface area contributed by atoms with Crippen molar-refractivity contribution in [2.75, 3.05) is 7.05 Å². The normalized spacial score (nSPS) is 11.5. The average Bonchev–Trinajstić information content (AvgIpc) is 2.80. The van der Waals surface area contributed by atoms with E-state index in [1.165, 1.54) is 11.1 Å². The molecular weight excluding hydrogens is 288 g/mol. The van der Waals surface area contributed by atoms with Gasteiger partial charge in [0.2, 0.25) is 5.89 Å². The Labute approximate surface area is 131 Å². The number of halogens is 1. The topological polar surface area (TPSA) is 68.2 Å². The lowest BCUT2D eigenvalue weighted by Crippen LogP contribution is -2.30. The van der Waals surface area contributed by atoms with E-state index in [2.05, 4.69) is 40.2 Å². The van der Waals surface area contributed by atoms with Gasteiger partial charge in [0, 0.05) is 6.54 Å². The Balaban J connectivity index is 0.00000220. The predicted octanol–water partition coefficient (Wildman–Crippen LogP) is 2.63. The first-order chi connectivity index (χ1) is 9.36. The fraction of sp³-hybridized carbons (Fsp3) is 0.467. The van der Waals surface area contributed by atoms with E-state index in [4.69, 9.17) is 10.3 Å². The summed E-state index contributed by atoms with van der Waals surface area (Å²) in [7, 11) is 2.03. The molecule has 0 fully saturated rings. The van der Waals surface area contributed by atoms with Crippen molar-refractivity contribution in [1.82, 2.24) is 15.0 Å². The number of aryl methyl sites for hydroxylation is 1. The molecule has 2 rings (SSSR count).